The van der Waals surface area contributed by atoms with Crippen molar-refractivity contribution in [3.8, 4) is 0 Å². The standard InChI is InChI=1S/C21H17N3/c1-3-9-16(10-4-1)18(17-11-5-2-6-12-17)15-22-21-23-19-13-7-8-14-20(19)24-21/h1-15,18H,(H,23,24). The zero-order valence-electron chi connectivity index (χ0n) is 13.1. The number of aromatic amines is 1. The summed E-state index contributed by atoms with van der Waals surface area (Å²) >= 11 is 0. The molecule has 1 N–H and O–H groups in total. The van der Waals surface area contributed by atoms with E-state index < -0.39 is 0 Å². The van der Waals surface area contributed by atoms with Gasteiger partial charge in [-0.25, -0.2) is 9.98 Å². The minimum Gasteiger partial charge on any atom is -0.322 e. The molecule has 0 fully saturated rings. The number of imidazole rings is 1. The minimum atomic E-state index is 0.0978. The number of nitrogens with one attached hydrogen (secondary N) is 1. The molecular weight excluding hydrogens is 294 g/mol. The van der Waals surface area contributed by atoms with Gasteiger partial charge in [0.2, 0.25) is 5.95 Å². The first-order valence-corrected chi connectivity index (χ1v) is 7.99. The molecule has 0 aliphatic heterocycles. The first kappa shape index (κ1) is 14.4. The van der Waals surface area contributed by atoms with Crippen LogP contribution in [0.5, 0.6) is 0 Å². The van der Waals surface area contributed by atoms with E-state index in [0.717, 1.165) is 11.0 Å². The highest BCUT2D eigenvalue weighted by molar-refractivity contribution is 5.79. The lowest BCUT2D eigenvalue weighted by molar-refractivity contribution is 1.09. The molecule has 116 valence electrons. The van der Waals surface area contributed by atoms with Crippen LogP contribution >= 0.6 is 0 Å². The Morgan fingerprint density at radius 3 is 1.96 bits per heavy atom. The molecule has 1 aromatic heterocycles. The molecule has 24 heavy (non-hydrogen) atoms. The molecular formula is C21H17N3. The maximum atomic E-state index is 4.60. The van der Waals surface area contributed by atoms with Crippen molar-refractivity contribution in [1.29, 1.82) is 0 Å². The molecule has 3 nitrogen and oxygen atoms in total. The Bertz CT molecular complexity index is 883. The lowest BCUT2D eigenvalue weighted by Gasteiger charge is -2.12. The summed E-state index contributed by atoms with van der Waals surface area (Å²) < 4.78 is 0. The van der Waals surface area contributed by atoms with Crippen LogP contribution in [-0.4, -0.2) is 16.2 Å². The number of hydrogen-bond donors (Lipinski definition) is 1. The fourth-order valence-electron chi connectivity index (χ4n) is 2.83. The maximum Gasteiger partial charge on any atom is 0.227 e. The second-order valence-electron chi connectivity index (χ2n) is 5.65. The fraction of sp³-hybridized carbons (Fsp3) is 0.0476. The van der Waals surface area contributed by atoms with Crippen molar-refractivity contribution >= 4 is 23.2 Å². The third kappa shape index (κ3) is 2.97. The quantitative estimate of drug-likeness (QED) is 0.524. The van der Waals surface area contributed by atoms with E-state index >= 15 is 0 Å². The molecule has 0 saturated heterocycles. The average molecular weight is 311 g/mol. The summed E-state index contributed by atoms with van der Waals surface area (Å²) in [7, 11) is 0. The first-order valence-electron chi connectivity index (χ1n) is 7.99. The number of H-pyrrole nitrogens is 1. The highest BCUT2D eigenvalue weighted by atomic mass is 15.1. The van der Waals surface area contributed by atoms with Gasteiger partial charge in [0, 0.05) is 12.1 Å². The van der Waals surface area contributed by atoms with Gasteiger partial charge in [0.25, 0.3) is 0 Å². The first-order chi connectivity index (χ1) is 11.9. The molecule has 0 saturated carbocycles. The van der Waals surface area contributed by atoms with E-state index in [9.17, 15) is 0 Å². The number of benzene rings is 3. The average Bonchev–Trinajstić information content (AvgIpc) is 3.07. The Morgan fingerprint density at radius 1 is 0.750 bits per heavy atom. The lowest BCUT2D eigenvalue weighted by atomic mass is 9.92. The van der Waals surface area contributed by atoms with Gasteiger partial charge in [0.15, 0.2) is 0 Å². The van der Waals surface area contributed by atoms with Crippen LogP contribution < -0.4 is 0 Å². The summed E-state index contributed by atoms with van der Waals surface area (Å²) in [5, 5.41) is 0. The molecule has 0 aliphatic rings. The van der Waals surface area contributed by atoms with E-state index in [1.165, 1.54) is 11.1 Å². The summed E-state index contributed by atoms with van der Waals surface area (Å²) in [4.78, 5) is 12.4. The van der Waals surface area contributed by atoms with Gasteiger partial charge in [-0.1, -0.05) is 72.8 Å². The Balaban J connectivity index is 1.71. The number of aliphatic imine (C=N–C) groups is 1. The molecule has 1 heterocycles. The molecule has 4 aromatic rings. The number of nitrogens with zero attached hydrogens (tertiary/aromatic N) is 2. The number of rotatable bonds is 4. The van der Waals surface area contributed by atoms with Gasteiger partial charge in [-0.15, -0.1) is 0 Å². The highest BCUT2D eigenvalue weighted by Gasteiger charge is 2.11. The molecule has 3 heteroatoms. The van der Waals surface area contributed by atoms with Gasteiger partial charge >= 0.3 is 0 Å². The Morgan fingerprint density at radius 2 is 1.33 bits per heavy atom. The van der Waals surface area contributed by atoms with Gasteiger partial charge in [0.05, 0.1) is 11.0 Å². The van der Waals surface area contributed by atoms with Crippen LogP contribution in [0.3, 0.4) is 0 Å². The van der Waals surface area contributed by atoms with Crippen LogP contribution in [-0.2, 0) is 0 Å². The van der Waals surface area contributed by atoms with E-state index in [0.29, 0.717) is 5.95 Å². The number of fused-ring (bicyclic) bond motifs is 1. The van der Waals surface area contributed by atoms with Crippen LogP contribution in [0, 0.1) is 0 Å². The molecule has 0 unspecified atom stereocenters. The largest absolute Gasteiger partial charge is 0.322 e. The highest BCUT2D eigenvalue weighted by Crippen LogP contribution is 2.24. The van der Waals surface area contributed by atoms with Crippen LogP contribution in [0.15, 0.2) is 89.9 Å². The summed E-state index contributed by atoms with van der Waals surface area (Å²) in [5.74, 6) is 0.730. The summed E-state index contributed by atoms with van der Waals surface area (Å²) in [6.07, 6.45) is 1.96. The molecule has 0 spiro atoms. The van der Waals surface area contributed by atoms with E-state index in [1.54, 1.807) is 0 Å². The Hall–Kier alpha value is -3.20. The predicted octanol–water partition coefficient (Wildman–Crippen LogP) is 5.10. The Labute approximate surface area is 140 Å². The van der Waals surface area contributed by atoms with Gasteiger partial charge in [-0.3, -0.25) is 0 Å². The second-order valence-corrected chi connectivity index (χ2v) is 5.65. The lowest BCUT2D eigenvalue weighted by Crippen LogP contribution is -2.02. The minimum absolute atomic E-state index is 0.0978. The monoisotopic (exact) mass is 311 g/mol. The zero-order chi connectivity index (χ0) is 16.2. The van der Waals surface area contributed by atoms with E-state index in [-0.39, 0.29) is 5.92 Å². The van der Waals surface area contributed by atoms with Crippen molar-refractivity contribution < 1.29 is 0 Å². The summed E-state index contributed by atoms with van der Waals surface area (Å²) in [6, 6.07) is 28.8. The predicted molar refractivity (Wildman–Crippen MR) is 99.0 cm³/mol. The summed E-state index contributed by atoms with van der Waals surface area (Å²) in [6.45, 7) is 0. The van der Waals surface area contributed by atoms with Crippen LogP contribution in [0.4, 0.5) is 5.95 Å². The molecule has 0 radical (unpaired) electrons. The molecule has 0 aliphatic carbocycles. The fourth-order valence-corrected chi connectivity index (χ4v) is 2.83. The molecule has 4 rings (SSSR count). The zero-order valence-corrected chi connectivity index (χ0v) is 13.1. The van der Waals surface area contributed by atoms with Crippen LogP contribution in [0.2, 0.25) is 0 Å². The van der Waals surface area contributed by atoms with Gasteiger partial charge in [-0.2, -0.15) is 0 Å². The van der Waals surface area contributed by atoms with Crippen molar-refractivity contribution in [3.05, 3.63) is 96.1 Å². The van der Waals surface area contributed by atoms with Crippen molar-refractivity contribution in [2.24, 2.45) is 4.99 Å². The molecule has 0 amide bonds. The molecule has 0 atom stereocenters. The Kier molecular flexibility index (Phi) is 3.90. The van der Waals surface area contributed by atoms with Crippen LogP contribution in [0.1, 0.15) is 17.0 Å². The SMILES string of the molecule is C(=Nc1nc2ccccc2[nH]1)C(c1ccccc1)c1ccccc1. The second kappa shape index (κ2) is 6.50. The maximum absolute atomic E-state index is 4.60. The van der Waals surface area contributed by atoms with Crippen molar-refractivity contribution in [1.82, 2.24) is 9.97 Å². The van der Waals surface area contributed by atoms with Crippen molar-refractivity contribution in [3.63, 3.8) is 0 Å². The number of aromatic nitrogens is 2. The van der Waals surface area contributed by atoms with Crippen molar-refractivity contribution in [2.75, 3.05) is 0 Å². The molecule has 0 bridgehead atoms. The van der Waals surface area contributed by atoms with Gasteiger partial charge < -0.3 is 4.98 Å². The number of hydrogen-bond acceptors (Lipinski definition) is 2. The van der Waals surface area contributed by atoms with Crippen LogP contribution in [0.25, 0.3) is 11.0 Å². The number of para-hydroxylation sites is 2. The third-order valence-electron chi connectivity index (χ3n) is 4.04. The van der Waals surface area contributed by atoms with E-state index in [4.69, 9.17) is 0 Å². The smallest absolute Gasteiger partial charge is 0.227 e. The van der Waals surface area contributed by atoms with Gasteiger partial charge in [-0.05, 0) is 23.3 Å². The third-order valence-corrected chi connectivity index (χ3v) is 4.04. The van der Waals surface area contributed by atoms with E-state index in [2.05, 4.69) is 63.5 Å². The van der Waals surface area contributed by atoms with Crippen molar-refractivity contribution in [2.45, 2.75) is 5.92 Å². The van der Waals surface area contributed by atoms with E-state index in [1.807, 2.05) is 42.6 Å². The summed E-state index contributed by atoms with van der Waals surface area (Å²) in [5.41, 5.74) is 4.35. The molecule has 3 aromatic carbocycles. The topological polar surface area (TPSA) is 41.0 Å². The normalized spacial score (nSPS) is 11.5. The van der Waals surface area contributed by atoms with Gasteiger partial charge in [0.1, 0.15) is 0 Å².